The van der Waals surface area contributed by atoms with Crippen LogP contribution in [0.1, 0.15) is 27.5 Å². The number of aromatic carboxylic acids is 1. The fraction of sp³-hybridized carbons (Fsp3) is 0.0455. The molecule has 0 saturated carbocycles. The third kappa shape index (κ3) is 3.88. The largest absolute Gasteiger partial charge is 0.478 e. The quantitative estimate of drug-likeness (QED) is 0.393. The van der Waals surface area contributed by atoms with E-state index in [2.05, 4.69) is 20.2 Å². The van der Waals surface area contributed by atoms with Crippen molar-refractivity contribution in [3.8, 4) is 5.95 Å². The molecule has 3 aromatic heterocycles. The summed E-state index contributed by atoms with van der Waals surface area (Å²) in [5.41, 5.74) is 1.81. The number of H-pyrrole nitrogens is 1. The lowest BCUT2D eigenvalue weighted by atomic mass is 9.99. The molecule has 164 valence electrons. The maximum atomic E-state index is 13.1. The van der Waals surface area contributed by atoms with Gasteiger partial charge in [-0.3, -0.25) is 9.78 Å². The van der Waals surface area contributed by atoms with Gasteiger partial charge in [0, 0.05) is 16.2 Å². The Hall–Kier alpha value is -3.95. The van der Waals surface area contributed by atoms with Crippen LogP contribution in [-0.2, 0) is 0 Å². The summed E-state index contributed by atoms with van der Waals surface area (Å²) >= 11 is 12.2. The molecule has 0 saturated heterocycles. The highest BCUT2D eigenvalue weighted by Crippen LogP contribution is 2.30. The minimum atomic E-state index is -1.13. The van der Waals surface area contributed by atoms with Crippen molar-refractivity contribution in [2.24, 2.45) is 0 Å². The molecule has 0 atom stereocenters. The molecule has 5 rings (SSSR count). The van der Waals surface area contributed by atoms with Crippen molar-refractivity contribution < 1.29 is 9.90 Å². The number of rotatable bonds is 5. The highest BCUT2D eigenvalue weighted by molar-refractivity contribution is 6.30. The molecule has 0 aliphatic carbocycles. The zero-order chi connectivity index (χ0) is 23.1. The van der Waals surface area contributed by atoms with Crippen LogP contribution in [0.3, 0.4) is 0 Å². The molecule has 9 nitrogen and oxygen atoms in total. The van der Waals surface area contributed by atoms with Gasteiger partial charge in [0.15, 0.2) is 5.52 Å². The van der Waals surface area contributed by atoms with Crippen LogP contribution in [0.5, 0.6) is 0 Å². The number of aromatic nitrogens is 6. The van der Waals surface area contributed by atoms with Crippen LogP contribution in [0.4, 0.5) is 0 Å². The lowest BCUT2D eigenvalue weighted by Gasteiger charge is -2.20. The first-order valence-corrected chi connectivity index (χ1v) is 10.4. The van der Waals surface area contributed by atoms with Gasteiger partial charge in [0.25, 0.3) is 5.56 Å². The summed E-state index contributed by atoms with van der Waals surface area (Å²) < 4.78 is 2.78. The molecule has 0 aliphatic heterocycles. The molecular formula is C22H14Cl2N6O3. The lowest BCUT2D eigenvalue weighted by molar-refractivity contribution is 0.0697. The molecule has 33 heavy (non-hydrogen) atoms. The first-order chi connectivity index (χ1) is 15.9. The van der Waals surface area contributed by atoms with Crippen LogP contribution in [0, 0.1) is 0 Å². The van der Waals surface area contributed by atoms with E-state index in [9.17, 15) is 9.59 Å². The number of hydrogen-bond acceptors (Lipinski definition) is 5. The number of nitrogens with zero attached hydrogens (tertiary/aromatic N) is 5. The summed E-state index contributed by atoms with van der Waals surface area (Å²) in [4.78, 5) is 31.3. The minimum Gasteiger partial charge on any atom is -0.478 e. The summed E-state index contributed by atoms with van der Waals surface area (Å²) in [7, 11) is 0. The van der Waals surface area contributed by atoms with Crippen molar-refractivity contribution in [1.82, 2.24) is 29.5 Å². The van der Waals surface area contributed by atoms with Gasteiger partial charge in [-0.05, 0) is 35.4 Å². The van der Waals surface area contributed by atoms with E-state index in [-0.39, 0.29) is 17.0 Å². The van der Waals surface area contributed by atoms with E-state index in [1.807, 2.05) is 24.3 Å². The van der Waals surface area contributed by atoms with Gasteiger partial charge in [-0.2, -0.15) is 10.2 Å². The zero-order valence-electron chi connectivity index (χ0n) is 16.7. The first-order valence-electron chi connectivity index (χ1n) is 9.67. The topological polar surface area (TPSA) is 119 Å². The van der Waals surface area contributed by atoms with Crippen molar-refractivity contribution in [2.45, 2.75) is 6.04 Å². The van der Waals surface area contributed by atoms with E-state index in [1.54, 1.807) is 28.9 Å². The summed E-state index contributed by atoms with van der Waals surface area (Å²) in [5, 5.41) is 18.7. The lowest BCUT2D eigenvalue weighted by Crippen LogP contribution is -2.20. The molecule has 2 aromatic carbocycles. The SMILES string of the molecule is O=C(O)c1cnn(-c2nc3cnn(C(c4ccc(Cl)cc4)c4ccc(Cl)cc4)c3c(=O)[nH]2)c1. The zero-order valence-corrected chi connectivity index (χ0v) is 18.2. The van der Waals surface area contributed by atoms with E-state index >= 15 is 0 Å². The van der Waals surface area contributed by atoms with Gasteiger partial charge in [0.05, 0.1) is 18.0 Å². The van der Waals surface area contributed by atoms with E-state index in [1.165, 1.54) is 23.3 Å². The molecule has 0 aliphatic rings. The molecule has 0 radical (unpaired) electrons. The Morgan fingerprint density at radius 1 is 0.939 bits per heavy atom. The maximum absolute atomic E-state index is 13.1. The number of carboxylic acids is 1. The predicted octanol–water partition coefficient (Wildman–Crippen LogP) is 3.95. The van der Waals surface area contributed by atoms with Crippen molar-refractivity contribution in [3.05, 3.63) is 104 Å². The average molecular weight is 481 g/mol. The first kappa shape index (κ1) is 20.9. The Morgan fingerprint density at radius 2 is 1.55 bits per heavy atom. The van der Waals surface area contributed by atoms with E-state index in [0.29, 0.717) is 15.6 Å². The molecule has 3 heterocycles. The second-order valence-electron chi connectivity index (χ2n) is 7.20. The summed E-state index contributed by atoms with van der Waals surface area (Å²) in [5.74, 6) is -1.06. The van der Waals surface area contributed by atoms with E-state index in [4.69, 9.17) is 28.3 Å². The van der Waals surface area contributed by atoms with Crippen molar-refractivity contribution in [2.75, 3.05) is 0 Å². The molecule has 2 N–H and O–H groups in total. The second-order valence-corrected chi connectivity index (χ2v) is 8.07. The number of hydrogen-bond donors (Lipinski definition) is 2. The van der Waals surface area contributed by atoms with Gasteiger partial charge < -0.3 is 5.11 Å². The fourth-order valence-corrected chi connectivity index (χ4v) is 3.83. The molecular weight excluding hydrogens is 467 g/mol. The van der Waals surface area contributed by atoms with Crippen LogP contribution >= 0.6 is 23.2 Å². The van der Waals surface area contributed by atoms with Gasteiger partial charge in [0.2, 0.25) is 5.95 Å². The molecule has 11 heteroatoms. The van der Waals surface area contributed by atoms with Crippen LogP contribution in [-0.4, -0.2) is 40.6 Å². The standard InChI is InChI=1S/C22H14Cl2N6O3/c23-15-5-1-12(2-6-15)18(13-3-7-16(24)8-4-13)30-19-17(10-26-30)27-22(28-20(19)31)29-11-14(9-25-29)21(32)33/h1-11,18H,(H,32,33)(H,27,28,31). The molecule has 0 fully saturated rings. The molecule has 0 spiro atoms. The number of halogens is 2. The average Bonchev–Trinajstić information content (AvgIpc) is 3.45. The number of fused-ring (bicyclic) bond motifs is 1. The number of nitrogens with one attached hydrogen (secondary N) is 1. The normalized spacial score (nSPS) is 11.4. The monoisotopic (exact) mass is 480 g/mol. The van der Waals surface area contributed by atoms with Crippen molar-refractivity contribution in [1.29, 1.82) is 0 Å². The van der Waals surface area contributed by atoms with E-state index < -0.39 is 17.6 Å². The Bertz CT molecular complexity index is 1490. The van der Waals surface area contributed by atoms with Crippen LogP contribution in [0.15, 0.2) is 71.9 Å². The highest BCUT2D eigenvalue weighted by atomic mass is 35.5. The van der Waals surface area contributed by atoms with Crippen molar-refractivity contribution >= 4 is 40.2 Å². The van der Waals surface area contributed by atoms with Crippen LogP contribution in [0.25, 0.3) is 17.0 Å². The van der Waals surface area contributed by atoms with Crippen molar-refractivity contribution in [3.63, 3.8) is 0 Å². The number of benzene rings is 2. The minimum absolute atomic E-state index is 0.0287. The third-order valence-electron chi connectivity index (χ3n) is 5.11. The highest BCUT2D eigenvalue weighted by Gasteiger charge is 2.22. The Morgan fingerprint density at radius 3 is 2.09 bits per heavy atom. The molecule has 0 bridgehead atoms. The maximum Gasteiger partial charge on any atom is 0.338 e. The molecule has 0 amide bonds. The van der Waals surface area contributed by atoms with Gasteiger partial charge in [0.1, 0.15) is 11.6 Å². The Balaban J connectivity index is 1.67. The smallest absolute Gasteiger partial charge is 0.338 e. The number of aromatic amines is 1. The number of carbonyl (C=O) groups is 1. The van der Waals surface area contributed by atoms with Gasteiger partial charge in [-0.1, -0.05) is 47.5 Å². The fourth-order valence-electron chi connectivity index (χ4n) is 3.58. The molecule has 5 aromatic rings. The number of carboxylic acid groups (broad SMARTS) is 1. The second kappa shape index (κ2) is 8.19. The van der Waals surface area contributed by atoms with Gasteiger partial charge in [-0.25, -0.2) is 19.1 Å². The molecule has 0 unspecified atom stereocenters. The van der Waals surface area contributed by atoms with E-state index in [0.717, 1.165) is 11.1 Å². The summed E-state index contributed by atoms with van der Waals surface area (Å²) in [6.07, 6.45) is 3.92. The Kier molecular flexibility index (Phi) is 5.20. The van der Waals surface area contributed by atoms with Crippen LogP contribution in [0.2, 0.25) is 10.0 Å². The van der Waals surface area contributed by atoms with Gasteiger partial charge in [-0.15, -0.1) is 0 Å². The predicted molar refractivity (Wildman–Crippen MR) is 122 cm³/mol. The van der Waals surface area contributed by atoms with Gasteiger partial charge >= 0.3 is 5.97 Å². The Labute approximate surface area is 195 Å². The third-order valence-corrected chi connectivity index (χ3v) is 5.61. The summed E-state index contributed by atoms with van der Waals surface area (Å²) in [6.45, 7) is 0. The summed E-state index contributed by atoms with van der Waals surface area (Å²) in [6, 6.07) is 14.1. The van der Waals surface area contributed by atoms with Crippen LogP contribution < -0.4 is 5.56 Å².